The minimum atomic E-state index is 0.150. The molecule has 0 fully saturated rings. The number of anilines is 3. The number of nitrogens with two attached hydrogens (primary N) is 1. The molecule has 3 N–H and O–H groups in total. The number of pyridine rings is 1. The molecule has 0 radical (unpaired) electrons. The molecule has 0 atom stereocenters. The number of hydrogen-bond donors (Lipinski definition) is 2. The van der Waals surface area contributed by atoms with E-state index < -0.39 is 0 Å². The number of rotatable bonds is 6. The number of nitrogens with zero attached hydrogens (tertiary/aromatic N) is 5. The fourth-order valence-electron chi connectivity index (χ4n) is 6.16. The number of nitrogen functional groups attached to an aromatic ring is 1. The number of nitrogens with one attached hydrogen (secondary N) is 1. The van der Waals surface area contributed by atoms with Gasteiger partial charge in [0, 0.05) is 40.0 Å². The van der Waals surface area contributed by atoms with Crippen LogP contribution in [0.4, 0.5) is 17.3 Å². The summed E-state index contributed by atoms with van der Waals surface area (Å²) < 4.78 is 5.71. The molecule has 3 heterocycles. The maximum absolute atomic E-state index is 5.94. The zero-order chi connectivity index (χ0) is 38.4. The van der Waals surface area contributed by atoms with Crippen LogP contribution in [0.25, 0.3) is 44.6 Å². The molecule has 276 valence electrons. The van der Waals surface area contributed by atoms with E-state index >= 15 is 0 Å². The number of aryl methyl sites for hydroxylation is 2. The summed E-state index contributed by atoms with van der Waals surface area (Å²) in [4.78, 5) is 22.4. The molecule has 0 aliphatic heterocycles. The first-order valence-electron chi connectivity index (χ1n) is 18.9. The van der Waals surface area contributed by atoms with E-state index in [-0.39, 0.29) is 6.10 Å². The SMILES string of the molecule is CC.CC(C)Oc1ccc(Nc2nc(-c3ccncc3)nc3ccccc23)cc1.Nc1nc(-c2ccccc2)nc2ccccc12.c1ccc2c(c1)CCC2. The summed E-state index contributed by atoms with van der Waals surface area (Å²) in [6, 6.07) is 46.0. The van der Waals surface area contributed by atoms with E-state index in [1.165, 1.54) is 19.3 Å². The predicted molar refractivity (Wildman–Crippen MR) is 227 cm³/mol. The van der Waals surface area contributed by atoms with Crippen molar-refractivity contribution >= 4 is 39.1 Å². The summed E-state index contributed by atoms with van der Waals surface area (Å²) in [5, 5.41) is 5.28. The molecule has 1 aliphatic carbocycles. The normalized spacial score (nSPS) is 11.3. The molecule has 8 heteroatoms. The Labute approximate surface area is 323 Å². The van der Waals surface area contributed by atoms with Crippen molar-refractivity contribution in [1.29, 1.82) is 0 Å². The second-order valence-electron chi connectivity index (χ2n) is 12.9. The fraction of sp³-hybridized carbons (Fsp3) is 0.170. The van der Waals surface area contributed by atoms with Crippen LogP contribution in [0, 0.1) is 0 Å². The van der Waals surface area contributed by atoms with Crippen molar-refractivity contribution in [2.24, 2.45) is 0 Å². The maximum Gasteiger partial charge on any atom is 0.162 e. The Morgan fingerprint density at radius 1 is 0.564 bits per heavy atom. The van der Waals surface area contributed by atoms with E-state index in [0.29, 0.717) is 17.5 Å². The van der Waals surface area contributed by atoms with Crippen molar-refractivity contribution in [3.63, 3.8) is 0 Å². The number of fused-ring (bicyclic) bond motifs is 3. The van der Waals surface area contributed by atoms with E-state index in [9.17, 15) is 0 Å². The van der Waals surface area contributed by atoms with E-state index in [0.717, 1.165) is 50.2 Å². The van der Waals surface area contributed by atoms with Crippen LogP contribution in [0.15, 0.2) is 152 Å². The van der Waals surface area contributed by atoms with Gasteiger partial charge in [0.15, 0.2) is 11.6 Å². The number of hydrogen-bond acceptors (Lipinski definition) is 8. The minimum absolute atomic E-state index is 0.150. The molecule has 0 amide bonds. The lowest BCUT2D eigenvalue weighted by atomic mass is 10.1. The first kappa shape index (κ1) is 38.1. The van der Waals surface area contributed by atoms with Gasteiger partial charge in [-0.05, 0) is 105 Å². The van der Waals surface area contributed by atoms with Crippen molar-refractivity contribution < 1.29 is 4.74 Å². The highest BCUT2D eigenvalue weighted by Crippen LogP contribution is 2.28. The van der Waals surface area contributed by atoms with Gasteiger partial charge >= 0.3 is 0 Å². The summed E-state index contributed by atoms with van der Waals surface area (Å²) in [6.45, 7) is 8.03. The highest BCUT2D eigenvalue weighted by Gasteiger charge is 2.11. The predicted octanol–water partition coefficient (Wildman–Crippen LogP) is 11.3. The fourth-order valence-corrected chi connectivity index (χ4v) is 6.16. The van der Waals surface area contributed by atoms with Gasteiger partial charge in [-0.15, -0.1) is 0 Å². The quantitative estimate of drug-likeness (QED) is 0.174. The first-order valence-corrected chi connectivity index (χ1v) is 18.9. The second-order valence-corrected chi connectivity index (χ2v) is 12.9. The topological polar surface area (TPSA) is 112 Å². The Morgan fingerprint density at radius 2 is 1.09 bits per heavy atom. The Morgan fingerprint density at radius 3 is 1.73 bits per heavy atom. The number of aromatic nitrogens is 5. The van der Waals surface area contributed by atoms with Gasteiger partial charge in [-0.3, -0.25) is 4.98 Å². The van der Waals surface area contributed by atoms with Crippen molar-refractivity contribution in [1.82, 2.24) is 24.9 Å². The zero-order valence-electron chi connectivity index (χ0n) is 31.9. The Hall–Kier alpha value is -6.67. The van der Waals surface area contributed by atoms with E-state index in [2.05, 4.69) is 44.5 Å². The highest BCUT2D eigenvalue weighted by atomic mass is 16.5. The van der Waals surface area contributed by atoms with Crippen LogP contribution in [-0.2, 0) is 12.8 Å². The summed E-state index contributed by atoms with van der Waals surface area (Å²) >= 11 is 0. The highest BCUT2D eigenvalue weighted by molar-refractivity contribution is 5.92. The van der Waals surface area contributed by atoms with Gasteiger partial charge < -0.3 is 15.8 Å². The first-order chi connectivity index (χ1) is 27.0. The largest absolute Gasteiger partial charge is 0.491 e. The van der Waals surface area contributed by atoms with Crippen LogP contribution >= 0.6 is 0 Å². The van der Waals surface area contributed by atoms with Gasteiger partial charge in [0.25, 0.3) is 0 Å². The molecule has 0 saturated carbocycles. The van der Waals surface area contributed by atoms with Crippen LogP contribution in [0.5, 0.6) is 5.75 Å². The van der Waals surface area contributed by atoms with Gasteiger partial charge in [-0.1, -0.05) is 92.7 Å². The van der Waals surface area contributed by atoms with Crippen LogP contribution in [0.3, 0.4) is 0 Å². The van der Waals surface area contributed by atoms with E-state index in [1.54, 1.807) is 23.5 Å². The average Bonchev–Trinajstić information content (AvgIpc) is 3.73. The minimum Gasteiger partial charge on any atom is -0.491 e. The number of para-hydroxylation sites is 2. The molecule has 0 spiro atoms. The molecule has 0 bridgehead atoms. The second kappa shape index (κ2) is 18.9. The van der Waals surface area contributed by atoms with Gasteiger partial charge in [0.2, 0.25) is 0 Å². The lowest BCUT2D eigenvalue weighted by Gasteiger charge is -2.13. The average molecular weight is 726 g/mol. The summed E-state index contributed by atoms with van der Waals surface area (Å²) in [5.41, 5.74) is 13.7. The molecule has 3 aromatic heterocycles. The smallest absolute Gasteiger partial charge is 0.162 e. The standard InChI is InChI=1S/C22H20N4O.C14H11N3.C9H10.C2H6/c1-15(2)27-18-9-7-17(8-10-18)24-22-19-5-3-4-6-20(19)25-21(26-22)16-11-13-23-14-12-16;15-13-11-8-4-5-9-12(11)16-14(17-13)10-6-2-1-3-7-10;1-2-5-9-7-3-6-8(9)4-1;1-2/h3-15H,1-2H3,(H,24,25,26);1-9H,(H2,15,16,17);1-2,4-5H,3,6-7H2;1-2H3. The van der Waals surface area contributed by atoms with E-state index in [4.69, 9.17) is 20.4 Å². The summed E-state index contributed by atoms with van der Waals surface area (Å²) in [7, 11) is 0. The van der Waals surface area contributed by atoms with Crippen molar-refractivity contribution in [2.45, 2.75) is 53.1 Å². The molecule has 9 rings (SSSR count). The lowest BCUT2D eigenvalue weighted by Crippen LogP contribution is -2.05. The summed E-state index contributed by atoms with van der Waals surface area (Å²) in [6.07, 6.45) is 7.60. The van der Waals surface area contributed by atoms with Gasteiger partial charge in [-0.2, -0.15) is 0 Å². The molecular formula is C47H47N7O. The van der Waals surface area contributed by atoms with Crippen LogP contribution in [0.2, 0.25) is 0 Å². The van der Waals surface area contributed by atoms with Crippen LogP contribution in [0.1, 0.15) is 45.2 Å². The van der Waals surface area contributed by atoms with Crippen molar-refractivity contribution in [3.05, 3.63) is 163 Å². The van der Waals surface area contributed by atoms with Crippen LogP contribution < -0.4 is 15.8 Å². The Kier molecular flexibility index (Phi) is 13.1. The molecule has 55 heavy (non-hydrogen) atoms. The van der Waals surface area contributed by atoms with Gasteiger partial charge in [0.1, 0.15) is 17.4 Å². The Balaban J connectivity index is 0.000000155. The third-order valence-corrected chi connectivity index (χ3v) is 8.71. The molecule has 8 aromatic rings. The van der Waals surface area contributed by atoms with Crippen molar-refractivity contribution in [3.8, 4) is 28.5 Å². The van der Waals surface area contributed by atoms with Crippen LogP contribution in [-0.4, -0.2) is 31.0 Å². The molecule has 0 unspecified atom stereocenters. The van der Waals surface area contributed by atoms with Gasteiger partial charge in [0.05, 0.1) is 17.1 Å². The third-order valence-electron chi connectivity index (χ3n) is 8.71. The monoisotopic (exact) mass is 725 g/mol. The molecule has 1 aliphatic rings. The maximum atomic E-state index is 5.94. The van der Waals surface area contributed by atoms with E-state index in [1.807, 2.05) is 143 Å². The number of benzene rings is 5. The molecular weight excluding hydrogens is 679 g/mol. The zero-order valence-corrected chi connectivity index (χ0v) is 31.9. The van der Waals surface area contributed by atoms with Gasteiger partial charge in [-0.25, -0.2) is 19.9 Å². The third kappa shape index (κ3) is 10.1. The summed E-state index contributed by atoms with van der Waals surface area (Å²) in [5.74, 6) is 3.47. The van der Waals surface area contributed by atoms with Crippen molar-refractivity contribution in [2.75, 3.05) is 11.1 Å². The number of ether oxygens (including phenoxy) is 1. The Bertz CT molecular complexity index is 2400. The molecule has 0 saturated heterocycles. The molecule has 5 aromatic carbocycles. The molecule has 8 nitrogen and oxygen atoms in total. The lowest BCUT2D eigenvalue weighted by molar-refractivity contribution is 0.242.